The smallest absolute Gasteiger partial charge is 0.244 e. The first-order chi connectivity index (χ1) is 9.83. The van der Waals surface area contributed by atoms with Crippen molar-refractivity contribution < 1.29 is 9.53 Å². The zero-order chi connectivity index (χ0) is 15.7. The maximum Gasteiger partial charge on any atom is 0.244 e. The summed E-state index contributed by atoms with van der Waals surface area (Å²) in [5.41, 5.74) is 0.225. The van der Waals surface area contributed by atoms with Crippen LogP contribution in [0.4, 0.5) is 0 Å². The highest BCUT2D eigenvalue weighted by Gasteiger charge is 2.48. The monoisotopic (exact) mass is 290 g/mol. The van der Waals surface area contributed by atoms with Gasteiger partial charge in [0.1, 0.15) is 6.17 Å². The molecule has 0 aromatic heterocycles. The maximum atomic E-state index is 12.8. The highest BCUT2D eigenvalue weighted by Crippen LogP contribution is 2.33. The molecule has 1 amide bonds. The second-order valence-corrected chi connectivity index (χ2v) is 6.54. The minimum Gasteiger partial charge on any atom is -0.377 e. The summed E-state index contributed by atoms with van der Waals surface area (Å²) in [5, 5.41) is 3.50. The summed E-state index contributed by atoms with van der Waals surface area (Å²) < 4.78 is 5.51. The van der Waals surface area contributed by atoms with E-state index >= 15 is 0 Å². The first-order valence-corrected chi connectivity index (χ1v) is 7.52. The Labute approximate surface area is 127 Å². The summed E-state index contributed by atoms with van der Waals surface area (Å²) in [6, 6.07) is 10.1. The van der Waals surface area contributed by atoms with Gasteiger partial charge in [0.05, 0.1) is 17.7 Å². The fourth-order valence-electron chi connectivity index (χ4n) is 2.67. The largest absolute Gasteiger partial charge is 0.377 e. The molecular formula is C17H26N2O2. The molecule has 1 aliphatic rings. The second kappa shape index (κ2) is 5.78. The molecule has 4 heteroatoms. The fraction of sp³-hybridized carbons (Fsp3) is 0.588. The van der Waals surface area contributed by atoms with Gasteiger partial charge in [0, 0.05) is 7.11 Å². The van der Waals surface area contributed by atoms with Gasteiger partial charge in [-0.2, -0.15) is 0 Å². The SMILES string of the molecule is CCC1(C)NC(c2ccccc2)N(CC(C)(C)OC)C1=O. The van der Waals surface area contributed by atoms with E-state index in [0.717, 1.165) is 12.0 Å². The molecule has 21 heavy (non-hydrogen) atoms. The van der Waals surface area contributed by atoms with Crippen molar-refractivity contribution in [1.29, 1.82) is 0 Å². The maximum absolute atomic E-state index is 12.8. The number of carbonyl (C=O) groups is 1. The number of hydrogen-bond donors (Lipinski definition) is 1. The number of ether oxygens (including phenoxy) is 1. The van der Waals surface area contributed by atoms with Gasteiger partial charge in [-0.25, -0.2) is 0 Å². The Kier molecular flexibility index (Phi) is 4.40. The zero-order valence-corrected chi connectivity index (χ0v) is 13.6. The molecule has 0 radical (unpaired) electrons. The minimum absolute atomic E-state index is 0.0990. The quantitative estimate of drug-likeness (QED) is 0.906. The van der Waals surface area contributed by atoms with Crippen molar-refractivity contribution in [2.45, 2.75) is 51.4 Å². The Morgan fingerprint density at radius 2 is 1.95 bits per heavy atom. The van der Waals surface area contributed by atoms with Gasteiger partial charge in [0.2, 0.25) is 5.91 Å². The van der Waals surface area contributed by atoms with E-state index in [0.29, 0.717) is 6.54 Å². The number of amides is 1. The Morgan fingerprint density at radius 1 is 1.33 bits per heavy atom. The predicted octanol–water partition coefficient (Wildman–Crippen LogP) is 2.71. The lowest BCUT2D eigenvalue weighted by Gasteiger charge is -2.32. The van der Waals surface area contributed by atoms with Gasteiger partial charge in [-0.05, 0) is 32.8 Å². The third kappa shape index (κ3) is 3.11. The standard InChI is InChI=1S/C17H26N2O2/c1-6-17(4)15(20)19(12-16(2,3)21-5)14(18-17)13-10-8-7-9-11-13/h7-11,14,18H,6,12H2,1-5H3. The molecule has 1 aromatic carbocycles. The molecule has 1 aliphatic heterocycles. The van der Waals surface area contributed by atoms with Crippen LogP contribution < -0.4 is 5.32 Å². The number of nitrogens with zero attached hydrogens (tertiary/aromatic N) is 1. The number of carbonyl (C=O) groups excluding carboxylic acids is 1. The highest BCUT2D eigenvalue weighted by molar-refractivity contribution is 5.88. The molecule has 2 atom stereocenters. The third-order valence-electron chi connectivity index (χ3n) is 4.43. The van der Waals surface area contributed by atoms with Gasteiger partial charge in [0.15, 0.2) is 0 Å². The fourth-order valence-corrected chi connectivity index (χ4v) is 2.67. The Hall–Kier alpha value is -1.39. The highest BCUT2D eigenvalue weighted by atomic mass is 16.5. The zero-order valence-electron chi connectivity index (χ0n) is 13.6. The van der Waals surface area contributed by atoms with Crippen LogP contribution in [-0.4, -0.2) is 35.6 Å². The molecule has 2 unspecified atom stereocenters. The molecule has 4 nitrogen and oxygen atoms in total. The van der Waals surface area contributed by atoms with E-state index in [-0.39, 0.29) is 17.7 Å². The van der Waals surface area contributed by atoms with Crippen molar-refractivity contribution >= 4 is 5.91 Å². The first-order valence-electron chi connectivity index (χ1n) is 7.52. The van der Waals surface area contributed by atoms with E-state index in [4.69, 9.17) is 4.74 Å². The van der Waals surface area contributed by atoms with Gasteiger partial charge < -0.3 is 9.64 Å². The van der Waals surface area contributed by atoms with Gasteiger partial charge in [-0.15, -0.1) is 0 Å². The van der Waals surface area contributed by atoms with Crippen LogP contribution in [0.5, 0.6) is 0 Å². The number of methoxy groups -OCH3 is 1. The van der Waals surface area contributed by atoms with E-state index in [2.05, 4.69) is 17.4 Å². The summed E-state index contributed by atoms with van der Waals surface area (Å²) in [6.07, 6.45) is 0.664. The van der Waals surface area contributed by atoms with Crippen LogP contribution in [0.25, 0.3) is 0 Å². The lowest BCUT2D eigenvalue weighted by Crippen LogP contribution is -2.46. The van der Waals surface area contributed by atoms with Crippen molar-refractivity contribution in [2.24, 2.45) is 0 Å². The molecule has 2 rings (SSSR count). The minimum atomic E-state index is -0.510. The summed E-state index contributed by atoms with van der Waals surface area (Å²) in [5.74, 6) is 0.143. The number of nitrogens with one attached hydrogen (secondary N) is 1. The van der Waals surface area contributed by atoms with E-state index in [1.807, 2.05) is 50.8 Å². The van der Waals surface area contributed by atoms with Crippen LogP contribution in [0, 0.1) is 0 Å². The summed E-state index contributed by atoms with van der Waals surface area (Å²) in [4.78, 5) is 14.7. The van der Waals surface area contributed by atoms with Gasteiger partial charge in [-0.3, -0.25) is 10.1 Å². The van der Waals surface area contributed by atoms with Crippen LogP contribution in [-0.2, 0) is 9.53 Å². The molecule has 0 bridgehead atoms. The number of rotatable bonds is 5. The molecule has 1 heterocycles. The molecular weight excluding hydrogens is 264 g/mol. The van der Waals surface area contributed by atoms with E-state index < -0.39 is 5.54 Å². The van der Waals surface area contributed by atoms with Crippen molar-refractivity contribution in [1.82, 2.24) is 10.2 Å². The average molecular weight is 290 g/mol. The normalized spacial score (nSPS) is 26.4. The van der Waals surface area contributed by atoms with E-state index in [1.165, 1.54) is 0 Å². The van der Waals surface area contributed by atoms with Crippen LogP contribution in [0.1, 0.15) is 45.8 Å². The van der Waals surface area contributed by atoms with Gasteiger partial charge in [0.25, 0.3) is 0 Å². The van der Waals surface area contributed by atoms with Gasteiger partial charge >= 0.3 is 0 Å². The molecule has 1 saturated heterocycles. The van der Waals surface area contributed by atoms with Crippen molar-refractivity contribution in [3.63, 3.8) is 0 Å². The Bertz CT molecular complexity index is 501. The Morgan fingerprint density at radius 3 is 2.48 bits per heavy atom. The van der Waals surface area contributed by atoms with Crippen LogP contribution in [0.2, 0.25) is 0 Å². The Balaban J connectivity index is 2.34. The lowest BCUT2D eigenvalue weighted by molar-refractivity contribution is -0.136. The summed E-state index contributed by atoms with van der Waals surface area (Å²) in [6.45, 7) is 8.58. The lowest BCUT2D eigenvalue weighted by atomic mass is 9.99. The molecule has 0 aliphatic carbocycles. The molecule has 1 N–H and O–H groups in total. The van der Waals surface area contributed by atoms with Crippen LogP contribution >= 0.6 is 0 Å². The summed E-state index contributed by atoms with van der Waals surface area (Å²) >= 11 is 0. The topological polar surface area (TPSA) is 41.6 Å². The second-order valence-electron chi connectivity index (χ2n) is 6.54. The predicted molar refractivity (Wildman–Crippen MR) is 83.8 cm³/mol. The van der Waals surface area contributed by atoms with Crippen LogP contribution in [0.15, 0.2) is 30.3 Å². The van der Waals surface area contributed by atoms with Crippen LogP contribution in [0.3, 0.4) is 0 Å². The number of hydrogen-bond acceptors (Lipinski definition) is 3. The van der Waals surface area contributed by atoms with E-state index in [9.17, 15) is 4.79 Å². The molecule has 1 aromatic rings. The molecule has 116 valence electrons. The molecule has 1 fully saturated rings. The average Bonchev–Trinajstić information content (AvgIpc) is 2.73. The van der Waals surface area contributed by atoms with Gasteiger partial charge in [-0.1, -0.05) is 37.3 Å². The van der Waals surface area contributed by atoms with Crippen molar-refractivity contribution in [3.05, 3.63) is 35.9 Å². The van der Waals surface area contributed by atoms with Crippen molar-refractivity contribution in [3.8, 4) is 0 Å². The van der Waals surface area contributed by atoms with E-state index in [1.54, 1.807) is 7.11 Å². The van der Waals surface area contributed by atoms with Crippen molar-refractivity contribution in [2.75, 3.05) is 13.7 Å². The number of benzene rings is 1. The first kappa shape index (κ1) is 16.0. The molecule has 0 spiro atoms. The molecule has 0 saturated carbocycles. The summed E-state index contributed by atoms with van der Waals surface area (Å²) in [7, 11) is 1.69. The third-order valence-corrected chi connectivity index (χ3v) is 4.43.